The fourth-order valence-corrected chi connectivity index (χ4v) is 2.20. The molecule has 0 aliphatic carbocycles. The van der Waals surface area contributed by atoms with Gasteiger partial charge in [0.2, 0.25) is 5.95 Å². The molecule has 0 radical (unpaired) electrons. The lowest BCUT2D eigenvalue weighted by Crippen LogP contribution is -2.10. The average Bonchev–Trinajstić information content (AvgIpc) is 2.61. The number of pyridine rings is 1. The second kappa shape index (κ2) is 6.79. The number of carboxylic acids is 1. The predicted molar refractivity (Wildman–Crippen MR) is 86.9 cm³/mol. The Kier molecular flexibility index (Phi) is 4.53. The molecule has 0 aliphatic heterocycles. The lowest BCUT2D eigenvalue weighted by Gasteiger charge is -2.10. The van der Waals surface area contributed by atoms with Gasteiger partial charge in [0.05, 0.1) is 5.56 Å². The number of benzene rings is 1. The van der Waals surface area contributed by atoms with Crippen molar-refractivity contribution in [2.75, 3.05) is 5.32 Å². The lowest BCUT2D eigenvalue weighted by atomic mass is 10.1. The SMILES string of the molecule is O=C(O)c1cncc(-c2cccc(Nc3nccc(C(F)(F)F)n3)c2)c1. The standard InChI is InChI=1S/C17H11F3N4O2/c18-17(19,20)14-4-5-22-16(24-14)23-13-3-1-2-10(7-13)11-6-12(15(25)26)9-21-8-11/h1-9H,(H,25,26)(H,22,23,24). The van der Waals surface area contributed by atoms with Crippen LogP contribution in [0.1, 0.15) is 16.1 Å². The van der Waals surface area contributed by atoms with Crippen molar-refractivity contribution in [1.29, 1.82) is 0 Å². The van der Waals surface area contributed by atoms with Crippen molar-refractivity contribution in [3.8, 4) is 11.1 Å². The lowest BCUT2D eigenvalue weighted by molar-refractivity contribution is -0.141. The van der Waals surface area contributed by atoms with Crippen LogP contribution < -0.4 is 5.32 Å². The fourth-order valence-electron chi connectivity index (χ4n) is 2.20. The third-order valence-electron chi connectivity index (χ3n) is 3.38. The zero-order valence-electron chi connectivity index (χ0n) is 13.0. The van der Waals surface area contributed by atoms with Gasteiger partial charge in [0.1, 0.15) is 5.69 Å². The van der Waals surface area contributed by atoms with Gasteiger partial charge in [0.15, 0.2) is 0 Å². The molecule has 3 rings (SSSR count). The first kappa shape index (κ1) is 17.3. The number of carbonyl (C=O) groups is 1. The number of nitrogens with one attached hydrogen (secondary N) is 1. The minimum atomic E-state index is -4.57. The van der Waals surface area contributed by atoms with E-state index in [-0.39, 0.29) is 11.5 Å². The fraction of sp³-hybridized carbons (Fsp3) is 0.0588. The van der Waals surface area contributed by atoms with Crippen LogP contribution in [0, 0.1) is 0 Å². The van der Waals surface area contributed by atoms with Crippen molar-refractivity contribution in [1.82, 2.24) is 15.0 Å². The number of carboxylic acid groups (broad SMARTS) is 1. The molecule has 26 heavy (non-hydrogen) atoms. The van der Waals surface area contributed by atoms with E-state index in [1.165, 1.54) is 18.5 Å². The van der Waals surface area contributed by atoms with E-state index in [2.05, 4.69) is 20.3 Å². The number of aromatic nitrogens is 3. The zero-order chi connectivity index (χ0) is 18.7. The molecule has 2 N–H and O–H groups in total. The minimum absolute atomic E-state index is 0.0297. The van der Waals surface area contributed by atoms with E-state index in [1.807, 2.05) is 0 Å². The monoisotopic (exact) mass is 360 g/mol. The van der Waals surface area contributed by atoms with Crippen molar-refractivity contribution in [3.63, 3.8) is 0 Å². The van der Waals surface area contributed by atoms with Crippen molar-refractivity contribution < 1.29 is 23.1 Å². The maximum atomic E-state index is 12.7. The van der Waals surface area contributed by atoms with Gasteiger partial charge in [-0.1, -0.05) is 12.1 Å². The van der Waals surface area contributed by atoms with E-state index in [4.69, 9.17) is 5.11 Å². The predicted octanol–water partition coefficient (Wildman–Crippen LogP) is 4.00. The van der Waals surface area contributed by atoms with Gasteiger partial charge in [-0.2, -0.15) is 13.2 Å². The highest BCUT2D eigenvalue weighted by molar-refractivity contribution is 5.89. The molecule has 2 heterocycles. The Bertz CT molecular complexity index is 960. The number of halogens is 3. The van der Waals surface area contributed by atoms with Crippen LogP contribution in [0.4, 0.5) is 24.8 Å². The summed E-state index contributed by atoms with van der Waals surface area (Å²) in [6, 6.07) is 8.88. The van der Waals surface area contributed by atoms with Gasteiger partial charge in [-0.3, -0.25) is 4.98 Å². The number of nitrogens with zero attached hydrogens (tertiary/aromatic N) is 3. The minimum Gasteiger partial charge on any atom is -0.478 e. The number of anilines is 2. The van der Waals surface area contributed by atoms with Crippen LogP contribution in [0.3, 0.4) is 0 Å². The molecule has 1 aromatic carbocycles. The first-order chi connectivity index (χ1) is 12.3. The molecule has 132 valence electrons. The summed E-state index contributed by atoms with van der Waals surface area (Å²) in [4.78, 5) is 22.1. The van der Waals surface area contributed by atoms with Gasteiger partial charge in [-0.25, -0.2) is 14.8 Å². The molecule has 0 saturated heterocycles. The number of alkyl halides is 3. The molecule has 6 nitrogen and oxygen atoms in total. The smallest absolute Gasteiger partial charge is 0.433 e. The normalized spacial score (nSPS) is 11.2. The van der Waals surface area contributed by atoms with Crippen molar-refractivity contribution >= 4 is 17.6 Å². The maximum absolute atomic E-state index is 12.7. The Labute approximate surface area is 145 Å². The Balaban J connectivity index is 1.89. The van der Waals surface area contributed by atoms with E-state index >= 15 is 0 Å². The quantitative estimate of drug-likeness (QED) is 0.731. The molecular weight excluding hydrogens is 349 g/mol. The Morgan fingerprint density at radius 1 is 1.08 bits per heavy atom. The summed E-state index contributed by atoms with van der Waals surface area (Å²) in [6.07, 6.45) is -0.830. The van der Waals surface area contributed by atoms with E-state index in [9.17, 15) is 18.0 Å². The summed E-state index contributed by atoms with van der Waals surface area (Å²) in [5.41, 5.74) is 0.616. The van der Waals surface area contributed by atoms with E-state index < -0.39 is 17.8 Å². The molecule has 0 amide bonds. The average molecular weight is 360 g/mol. The first-order valence-corrected chi connectivity index (χ1v) is 7.29. The van der Waals surface area contributed by atoms with Crippen LogP contribution in [0.15, 0.2) is 55.0 Å². The summed E-state index contributed by atoms with van der Waals surface area (Å²) < 4.78 is 38.2. The molecule has 3 aromatic rings. The highest BCUT2D eigenvalue weighted by Crippen LogP contribution is 2.28. The van der Waals surface area contributed by atoms with Crippen LogP contribution in [-0.4, -0.2) is 26.0 Å². The van der Waals surface area contributed by atoms with E-state index in [1.54, 1.807) is 24.3 Å². The van der Waals surface area contributed by atoms with Crippen molar-refractivity contribution in [2.24, 2.45) is 0 Å². The van der Waals surface area contributed by atoms with Crippen LogP contribution in [0.2, 0.25) is 0 Å². The molecule has 0 aliphatic rings. The second-order valence-corrected chi connectivity index (χ2v) is 5.24. The van der Waals surface area contributed by atoms with Gasteiger partial charge < -0.3 is 10.4 Å². The summed E-state index contributed by atoms with van der Waals surface area (Å²) in [7, 11) is 0. The maximum Gasteiger partial charge on any atom is 0.433 e. The summed E-state index contributed by atoms with van der Waals surface area (Å²) in [5, 5.41) is 11.7. The van der Waals surface area contributed by atoms with Crippen LogP contribution in [-0.2, 0) is 6.18 Å². The van der Waals surface area contributed by atoms with Gasteiger partial charge in [-0.05, 0) is 29.8 Å². The van der Waals surface area contributed by atoms with Crippen molar-refractivity contribution in [2.45, 2.75) is 6.18 Å². The van der Waals surface area contributed by atoms with E-state index in [0.717, 1.165) is 12.3 Å². The second-order valence-electron chi connectivity index (χ2n) is 5.24. The molecule has 9 heteroatoms. The molecule has 0 fully saturated rings. The van der Waals surface area contributed by atoms with Gasteiger partial charge in [0, 0.05) is 29.8 Å². The molecule has 0 atom stereocenters. The third kappa shape index (κ3) is 3.94. The largest absolute Gasteiger partial charge is 0.478 e. The highest BCUT2D eigenvalue weighted by atomic mass is 19.4. The third-order valence-corrected chi connectivity index (χ3v) is 3.38. The molecule has 0 bridgehead atoms. The molecule has 0 unspecified atom stereocenters. The summed E-state index contributed by atoms with van der Waals surface area (Å²) >= 11 is 0. The van der Waals surface area contributed by atoms with Gasteiger partial charge in [-0.15, -0.1) is 0 Å². The number of hydrogen-bond donors (Lipinski definition) is 2. The van der Waals surface area contributed by atoms with Crippen LogP contribution in [0.5, 0.6) is 0 Å². The molecular formula is C17H11F3N4O2. The topological polar surface area (TPSA) is 88.0 Å². The summed E-state index contributed by atoms with van der Waals surface area (Å²) in [6.45, 7) is 0. The Morgan fingerprint density at radius 2 is 1.88 bits per heavy atom. The first-order valence-electron chi connectivity index (χ1n) is 7.29. The highest BCUT2D eigenvalue weighted by Gasteiger charge is 2.32. The Morgan fingerprint density at radius 3 is 2.62 bits per heavy atom. The molecule has 0 saturated carbocycles. The number of aromatic carboxylic acids is 1. The number of hydrogen-bond acceptors (Lipinski definition) is 5. The Hall–Kier alpha value is -3.49. The van der Waals surface area contributed by atoms with Crippen LogP contribution >= 0.6 is 0 Å². The van der Waals surface area contributed by atoms with Crippen LogP contribution in [0.25, 0.3) is 11.1 Å². The summed E-state index contributed by atoms with van der Waals surface area (Å²) in [5.74, 6) is -1.31. The van der Waals surface area contributed by atoms with Gasteiger partial charge in [0.25, 0.3) is 0 Å². The molecule has 0 spiro atoms. The van der Waals surface area contributed by atoms with E-state index in [0.29, 0.717) is 16.8 Å². The number of rotatable bonds is 4. The van der Waals surface area contributed by atoms with Gasteiger partial charge >= 0.3 is 12.1 Å². The van der Waals surface area contributed by atoms with Crippen molar-refractivity contribution in [3.05, 3.63) is 66.2 Å². The molecule has 2 aromatic heterocycles. The zero-order valence-corrected chi connectivity index (χ0v) is 13.0.